The first kappa shape index (κ1) is 12.8. The number of nitrogens with zero attached hydrogens (tertiary/aromatic N) is 8. The van der Waals surface area contributed by atoms with Crippen LogP contribution in [0.4, 0.5) is 11.9 Å². The van der Waals surface area contributed by atoms with E-state index in [1.807, 2.05) is 17.2 Å². The van der Waals surface area contributed by atoms with Crippen molar-refractivity contribution in [2.45, 2.75) is 0 Å². The number of aromatic nitrogens is 6. The summed E-state index contributed by atoms with van der Waals surface area (Å²) in [6.45, 7) is 1.57. The predicted molar refractivity (Wildman–Crippen MR) is 60.1 cm³/mol. The first-order valence-electron chi connectivity index (χ1n) is 5.06. The van der Waals surface area contributed by atoms with Gasteiger partial charge in [-0.1, -0.05) is 0 Å². The molecule has 0 bridgehead atoms. The Morgan fingerprint density at radius 3 is 1.56 bits per heavy atom. The summed E-state index contributed by atoms with van der Waals surface area (Å²) in [4.78, 5) is 27.7. The monoisotopic (exact) mass is 422 g/mol. The first-order valence-corrected chi connectivity index (χ1v) is 5.06. The maximum Gasteiger partial charge on any atom is 0.396 e. The van der Waals surface area contributed by atoms with E-state index in [0.717, 1.165) is 13.1 Å². The van der Waals surface area contributed by atoms with Crippen molar-refractivity contribution in [1.29, 1.82) is 0 Å². The van der Waals surface area contributed by atoms with Crippen molar-refractivity contribution >= 4 is 19.4 Å². The molecule has 0 saturated carbocycles. The molecule has 2 aromatic rings. The molecule has 1 saturated heterocycles. The van der Waals surface area contributed by atoms with Crippen molar-refractivity contribution in [2.24, 2.45) is 0 Å². The third-order valence-corrected chi connectivity index (χ3v) is 2.33. The van der Waals surface area contributed by atoms with E-state index in [9.17, 15) is 0 Å². The van der Waals surface area contributed by atoms with Crippen LogP contribution < -0.4 is 9.62 Å². The van der Waals surface area contributed by atoms with Gasteiger partial charge in [0.15, 0.2) is 0 Å². The molecule has 3 heterocycles. The maximum absolute atomic E-state index is 4.08. The SMILES string of the molecule is [B]1N(c2ncncn2)CCN1c1ncncn1.[Pt]. The third kappa shape index (κ3) is 2.61. The molecule has 1 radical (unpaired) electrons. The van der Waals surface area contributed by atoms with Gasteiger partial charge < -0.3 is 9.62 Å². The fourth-order valence-electron chi connectivity index (χ4n) is 1.57. The smallest absolute Gasteiger partial charge is 0.366 e. The van der Waals surface area contributed by atoms with Crippen LogP contribution in [0.5, 0.6) is 0 Å². The molecule has 0 aromatic carbocycles. The van der Waals surface area contributed by atoms with Crippen LogP contribution in [0.3, 0.4) is 0 Å². The molecular weight excluding hydrogens is 414 g/mol. The fraction of sp³-hybridized carbons (Fsp3) is 0.250. The van der Waals surface area contributed by atoms with Crippen LogP contribution in [0.25, 0.3) is 0 Å². The van der Waals surface area contributed by atoms with Gasteiger partial charge in [-0.3, -0.25) is 0 Å². The quantitative estimate of drug-likeness (QED) is 0.566. The van der Waals surface area contributed by atoms with E-state index in [1.54, 1.807) is 0 Å². The Balaban J connectivity index is 0.00000120. The summed E-state index contributed by atoms with van der Waals surface area (Å²) in [6, 6.07) is 0. The Bertz CT molecular complexity index is 439. The van der Waals surface area contributed by atoms with Crippen LogP contribution >= 0.6 is 0 Å². The van der Waals surface area contributed by atoms with Crippen LogP contribution in [0.2, 0.25) is 0 Å². The molecule has 0 amide bonds. The van der Waals surface area contributed by atoms with Crippen LogP contribution in [-0.4, -0.2) is 50.5 Å². The molecule has 0 aliphatic carbocycles. The second-order valence-corrected chi connectivity index (χ2v) is 3.38. The molecular formula is C8H8BN8Pt. The molecule has 3 rings (SSSR count). The van der Waals surface area contributed by atoms with Crippen LogP contribution in [0, 0.1) is 0 Å². The largest absolute Gasteiger partial charge is 0.396 e. The minimum Gasteiger partial charge on any atom is -0.366 e. The van der Waals surface area contributed by atoms with E-state index in [2.05, 4.69) is 29.9 Å². The minimum atomic E-state index is 0. The number of anilines is 2. The summed E-state index contributed by atoms with van der Waals surface area (Å²) in [5, 5.41) is 0. The molecule has 1 aliphatic heterocycles. The van der Waals surface area contributed by atoms with Crippen LogP contribution in [0.15, 0.2) is 25.3 Å². The zero-order valence-corrected chi connectivity index (χ0v) is 11.5. The van der Waals surface area contributed by atoms with Crippen LogP contribution in [0.1, 0.15) is 0 Å². The molecule has 0 unspecified atom stereocenters. The molecule has 2 aromatic heterocycles. The topological polar surface area (TPSA) is 83.8 Å². The molecule has 18 heavy (non-hydrogen) atoms. The van der Waals surface area contributed by atoms with Crippen LogP contribution in [-0.2, 0) is 21.1 Å². The molecule has 1 fully saturated rings. The Morgan fingerprint density at radius 2 is 1.17 bits per heavy atom. The molecule has 1 aliphatic rings. The fourth-order valence-corrected chi connectivity index (χ4v) is 1.57. The molecule has 93 valence electrons. The van der Waals surface area contributed by atoms with Crippen molar-refractivity contribution < 1.29 is 21.1 Å². The van der Waals surface area contributed by atoms with Gasteiger partial charge in [0.05, 0.1) is 0 Å². The van der Waals surface area contributed by atoms with Gasteiger partial charge in [-0.05, 0) is 0 Å². The van der Waals surface area contributed by atoms with Crippen molar-refractivity contribution in [3.05, 3.63) is 25.3 Å². The number of rotatable bonds is 2. The van der Waals surface area contributed by atoms with Gasteiger partial charge in [-0.2, -0.15) is 0 Å². The Hall–Kier alpha value is -1.63. The second-order valence-electron chi connectivity index (χ2n) is 3.38. The van der Waals surface area contributed by atoms with Crippen molar-refractivity contribution in [3.63, 3.8) is 0 Å². The standard InChI is InChI=1S/C8H8BN8.Pt/c1-2-17(8-14-5-11-6-15-8)9-16(1)7-12-3-10-4-13-7;/h3-6H,1-2H2;. The van der Waals surface area contributed by atoms with Gasteiger partial charge in [0.25, 0.3) is 0 Å². The maximum atomic E-state index is 4.08. The zero-order chi connectivity index (χ0) is 11.5. The number of hydrogen-bond donors (Lipinski definition) is 0. The van der Waals surface area contributed by atoms with Gasteiger partial charge in [0.2, 0.25) is 11.9 Å². The molecule has 0 N–H and O–H groups in total. The summed E-state index contributed by atoms with van der Waals surface area (Å²) in [6.07, 6.45) is 5.90. The second kappa shape index (κ2) is 5.81. The van der Waals surface area contributed by atoms with Gasteiger partial charge in [-0.25, -0.2) is 29.9 Å². The molecule has 0 atom stereocenters. The summed E-state index contributed by atoms with van der Waals surface area (Å²) in [7, 11) is 1.88. The normalized spacial score (nSPS) is 14.0. The number of hydrogen-bond acceptors (Lipinski definition) is 8. The summed E-state index contributed by atoms with van der Waals surface area (Å²) >= 11 is 0. The minimum absolute atomic E-state index is 0. The Labute approximate surface area is 118 Å². The van der Waals surface area contributed by atoms with Crippen molar-refractivity contribution in [3.8, 4) is 0 Å². The Morgan fingerprint density at radius 1 is 0.778 bits per heavy atom. The molecule has 10 heteroatoms. The molecule has 0 spiro atoms. The van der Waals surface area contributed by atoms with Crippen molar-refractivity contribution in [1.82, 2.24) is 29.9 Å². The van der Waals surface area contributed by atoms with E-state index in [-0.39, 0.29) is 21.1 Å². The van der Waals surface area contributed by atoms with Gasteiger partial charge in [-0.15, -0.1) is 0 Å². The average Bonchev–Trinajstić information content (AvgIpc) is 2.90. The van der Waals surface area contributed by atoms with E-state index in [4.69, 9.17) is 0 Å². The van der Waals surface area contributed by atoms with E-state index < -0.39 is 0 Å². The van der Waals surface area contributed by atoms with E-state index in [0.29, 0.717) is 11.9 Å². The first-order chi connectivity index (χ1) is 8.43. The van der Waals surface area contributed by atoms with Gasteiger partial charge >= 0.3 is 7.55 Å². The summed E-state index contributed by atoms with van der Waals surface area (Å²) < 4.78 is 0. The summed E-state index contributed by atoms with van der Waals surface area (Å²) in [5.41, 5.74) is 0. The zero-order valence-electron chi connectivity index (χ0n) is 9.19. The van der Waals surface area contributed by atoms with Gasteiger partial charge in [0.1, 0.15) is 25.3 Å². The van der Waals surface area contributed by atoms with E-state index >= 15 is 0 Å². The van der Waals surface area contributed by atoms with Crippen molar-refractivity contribution in [2.75, 3.05) is 22.7 Å². The Kier molecular flexibility index (Phi) is 4.14. The average molecular weight is 422 g/mol. The third-order valence-electron chi connectivity index (χ3n) is 2.33. The molecule has 8 nitrogen and oxygen atoms in total. The predicted octanol–water partition coefficient (Wildman–Crippen LogP) is -1.09. The van der Waals surface area contributed by atoms with E-state index in [1.165, 1.54) is 25.3 Å². The summed E-state index contributed by atoms with van der Waals surface area (Å²) in [5.74, 6) is 1.24. The van der Waals surface area contributed by atoms with Gasteiger partial charge in [0, 0.05) is 34.2 Å².